The number of rotatable bonds is 6. The van der Waals surface area contributed by atoms with Crippen molar-refractivity contribution in [3.05, 3.63) is 29.8 Å². The zero-order valence-corrected chi connectivity index (χ0v) is 18.0. The molecule has 10 heteroatoms. The molecule has 0 aliphatic carbocycles. The number of guanidine groups is 1. The van der Waals surface area contributed by atoms with Gasteiger partial charge in [-0.05, 0) is 25.0 Å². The van der Waals surface area contributed by atoms with Crippen LogP contribution < -0.4 is 15.5 Å². The molecule has 2 rings (SSSR count). The summed E-state index contributed by atoms with van der Waals surface area (Å²) in [7, 11) is -1.36. The Balaban J connectivity index is 0.00000338. The van der Waals surface area contributed by atoms with Gasteiger partial charge in [0.05, 0.1) is 5.75 Å². The maximum Gasteiger partial charge on any atom is 0.191 e. The van der Waals surface area contributed by atoms with Crippen LogP contribution >= 0.6 is 24.0 Å². The van der Waals surface area contributed by atoms with Crippen molar-refractivity contribution in [1.82, 2.24) is 10.6 Å². The first kappa shape index (κ1) is 22.9. The third-order valence-electron chi connectivity index (χ3n) is 3.99. The highest BCUT2D eigenvalue weighted by Gasteiger charge is 2.27. The third-order valence-corrected chi connectivity index (χ3v) is 5.02. The topological polar surface area (TPSA) is 73.8 Å². The Kier molecular flexibility index (Phi) is 9.01. The Hall–Kier alpha value is -1.17. The Morgan fingerprint density at radius 3 is 2.58 bits per heavy atom. The van der Waals surface area contributed by atoms with Crippen LogP contribution in [0.15, 0.2) is 23.2 Å². The smallest absolute Gasteiger partial charge is 0.191 e. The Bertz CT molecular complexity index is 711. The Labute approximate surface area is 170 Å². The first-order chi connectivity index (χ1) is 11.8. The van der Waals surface area contributed by atoms with Gasteiger partial charge in [-0.25, -0.2) is 17.2 Å². The quantitative estimate of drug-likeness (QED) is 0.269. The van der Waals surface area contributed by atoms with Crippen molar-refractivity contribution in [3.63, 3.8) is 0 Å². The molecule has 1 aliphatic rings. The van der Waals surface area contributed by atoms with Crippen molar-refractivity contribution in [1.29, 1.82) is 0 Å². The van der Waals surface area contributed by atoms with E-state index in [-0.39, 0.29) is 41.5 Å². The van der Waals surface area contributed by atoms with Crippen LogP contribution in [-0.4, -0.2) is 59.1 Å². The molecule has 0 aromatic heterocycles. The van der Waals surface area contributed by atoms with Crippen molar-refractivity contribution in [2.75, 3.05) is 43.6 Å². The highest BCUT2D eigenvalue weighted by molar-refractivity contribution is 14.0. The van der Waals surface area contributed by atoms with Gasteiger partial charge in [-0.2, -0.15) is 0 Å². The summed E-state index contributed by atoms with van der Waals surface area (Å²) in [4.78, 5) is 5.78. The SMILES string of the molecule is CN=C(NCCCS(C)(=O)=O)NC1CCN(c2c(F)cccc2F)C1.I. The van der Waals surface area contributed by atoms with Gasteiger partial charge < -0.3 is 15.5 Å². The molecule has 26 heavy (non-hydrogen) atoms. The molecule has 1 heterocycles. The molecule has 0 bridgehead atoms. The van der Waals surface area contributed by atoms with E-state index in [1.807, 2.05) is 0 Å². The number of benzene rings is 1. The molecule has 1 unspecified atom stereocenters. The van der Waals surface area contributed by atoms with Gasteiger partial charge in [-0.1, -0.05) is 6.07 Å². The third kappa shape index (κ3) is 6.86. The van der Waals surface area contributed by atoms with Crippen LogP contribution in [0.4, 0.5) is 14.5 Å². The fourth-order valence-electron chi connectivity index (χ4n) is 2.80. The van der Waals surface area contributed by atoms with E-state index in [1.165, 1.54) is 24.5 Å². The van der Waals surface area contributed by atoms with Crippen LogP contribution in [-0.2, 0) is 9.84 Å². The molecule has 2 N–H and O–H groups in total. The maximum absolute atomic E-state index is 13.9. The molecule has 1 aromatic carbocycles. The number of halogens is 3. The fourth-order valence-corrected chi connectivity index (χ4v) is 3.47. The summed E-state index contributed by atoms with van der Waals surface area (Å²) in [6, 6.07) is 3.85. The Morgan fingerprint density at radius 1 is 1.35 bits per heavy atom. The molecule has 1 atom stereocenters. The lowest BCUT2D eigenvalue weighted by molar-refractivity contribution is 0.575. The summed E-state index contributed by atoms with van der Waals surface area (Å²) in [5, 5.41) is 6.26. The number of sulfone groups is 1. The Morgan fingerprint density at radius 2 is 2.00 bits per heavy atom. The van der Waals surface area contributed by atoms with Crippen molar-refractivity contribution >= 4 is 45.5 Å². The minimum atomic E-state index is -2.98. The lowest BCUT2D eigenvalue weighted by atomic mass is 10.2. The lowest BCUT2D eigenvalue weighted by Crippen LogP contribution is -2.45. The second-order valence-corrected chi connectivity index (χ2v) is 8.39. The van der Waals surface area contributed by atoms with Crippen LogP contribution in [0.2, 0.25) is 0 Å². The first-order valence-corrected chi connectivity index (χ1v) is 10.2. The first-order valence-electron chi connectivity index (χ1n) is 8.14. The van der Waals surface area contributed by atoms with E-state index < -0.39 is 21.5 Å². The van der Waals surface area contributed by atoms with Gasteiger partial charge in [0.2, 0.25) is 0 Å². The number of hydrogen-bond acceptors (Lipinski definition) is 4. The predicted molar refractivity (Wildman–Crippen MR) is 111 cm³/mol. The van der Waals surface area contributed by atoms with Gasteiger partial charge in [0.25, 0.3) is 0 Å². The van der Waals surface area contributed by atoms with Crippen molar-refractivity contribution in [2.24, 2.45) is 4.99 Å². The van der Waals surface area contributed by atoms with E-state index in [0.29, 0.717) is 32.0 Å². The molecule has 0 saturated carbocycles. The minimum Gasteiger partial charge on any atom is -0.365 e. The zero-order chi connectivity index (χ0) is 18.4. The van der Waals surface area contributed by atoms with Crippen LogP contribution in [0.5, 0.6) is 0 Å². The maximum atomic E-state index is 13.9. The van der Waals surface area contributed by atoms with Gasteiger partial charge in [0.1, 0.15) is 27.2 Å². The van der Waals surface area contributed by atoms with Gasteiger partial charge in [0.15, 0.2) is 5.96 Å². The van der Waals surface area contributed by atoms with Crippen molar-refractivity contribution < 1.29 is 17.2 Å². The summed E-state index contributed by atoms with van der Waals surface area (Å²) in [5.74, 6) is -0.469. The lowest BCUT2D eigenvalue weighted by Gasteiger charge is -2.21. The van der Waals surface area contributed by atoms with E-state index in [2.05, 4.69) is 15.6 Å². The van der Waals surface area contributed by atoms with Crippen molar-refractivity contribution in [3.8, 4) is 0 Å². The number of aliphatic imine (C=N–C) groups is 1. The zero-order valence-electron chi connectivity index (χ0n) is 14.8. The number of nitrogens with zero attached hydrogens (tertiary/aromatic N) is 2. The molecule has 1 saturated heterocycles. The summed E-state index contributed by atoms with van der Waals surface area (Å²) in [5.41, 5.74) is 0.00268. The summed E-state index contributed by atoms with van der Waals surface area (Å²) in [6.07, 6.45) is 2.41. The number of nitrogens with one attached hydrogen (secondary N) is 2. The molecular weight excluding hydrogens is 477 g/mol. The monoisotopic (exact) mass is 502 g/mol. The molecule has 0 amide bonds. The minimum absolute atomic E-state index is 0. The van der Waals surface area contributed by atoms with E-state index in [9.17, 15) is 17.2 Å². The average Bonchev–Trinajstić information content (AvgIpc) is 2.97. The van der Waals surface area contributed by atoms with E-state index in [1.54, 1.807) is 11.9 Å². The van der Waals surface area contributed by atoms with Gasteiger partial charge >= 0.3 is 0 Å². The van der Waals surface area contributed by atoms with Crippen molar-refractivity contribution in [2.45, 2.75) is 18.9 Å². The van der Waals surface area contributed by atoms with E-state index >= 15 is 0 Å². The molecule has 1 aromatic rings. The second kappa shape index (κ2) is 10.2. The number of hydrogen-bond donors (Lipinski definition) is 2. The molecule has 1 fully saturated rings. The molecule has 0 radical (unpaired) electrons. The van der Waals surface area contributed by atoms with Gasteiger partial charge in [-0.3, -0.25) is 4.99 Å². The summed E-state index contributed by atoms with van der Waals surface area (Å²) < 4.78 is 50.0. The van der Waals surface area contributed by atoms with Crippen LogP contribution in [0.25, 0.3) is 0 Å². The van der Waals surface area contributed by atoms with Crippen LogP contribution in [0.3, 0.4) is 0 Å². The second-order valence-electron chi connectivity index (χ2n) is 6.13. The summed E-state index contributed by atoms with van der Waals surface area (Å²) >= 11 is 0. The molecular formula is C16H25F2IN4O2S. The predicted octanol–water partition coefficient (Wildman–Crippen LogP) is 1.76. The molecule has 0 spiro atoms. The highest BCUT2D eigenvalue weighted by atomic mass is 127. The van der Waals surface area contributed by atoms with Gasteiger partial charge in [-0.15, -0.1) is 24.0 Å². The normalized spacial score (nSPS) is 17.8. The standard InChI is InChI=1S/C16H24F2N4O2S.HI/c1-19-16(20-8-4-10-25(2,23)24)21-12-7-9-22(11-12)15-13(17)5-3-6-14(15)18;/h3,5-6,12H,4,7-11H2,1-2H3,(H2,19,20,21);1H. The molecule has 1 aliphatic heterocycles. The average molecular weight is 502 g/mol. The number of para-hydroxylation sites is 1. The summed E-state index contributed by atoms with van der Waals surface area (Å²) in [6.45, 7) is 1.48. The van der Waals surface area contributed by atoms with E-state index in [0.717, 1.165) is 6.42 Å². The number of anilines is 1. The molecule has 6 nitrogen and oxygen atoms in total. The largest absolute Gasteiger partial charge is 0.365 e. The highest BCUT2D eigenvalue weighted by Crippen LogP contribution is 2.26. The van der Waals surface area contributed by atoms with Gasteiger partial charge in [0, 0.05) is 39.0 Å². The van der Waals surface area contributed by atoms with Crippen LogP contribution in [0.1, 0.15) is 12.8 Å². The molecule has 148 valence electrons. The van der Waals surface area contributed by atoms with E-state index in [4.69, 9.17) is 0 Å². The van der Waals surface area contributed by atoms with Crippen LogP contribution in [0, 0.1) is 11.6 Å². The fraction of sp³-hybridized carbons (Fsp3) is 0.562.